The minimum Gasteiger partial charge on any atom is -0.393 e. The number of nitrogens with zero attached hydrogens (tertiary/aromatic N) is 3. The molecule has 0 saturated carbocycles. The Labute approximate surface area is 164 Å². The number of benzene rings is 1. The van der Waals surface area contributed by atoms with Gasteiger partial charge in [0, 0.05) is 32.4 Å². The first kappa shape index (κ1) is 18.7. The number of hydrogen-bond donors (Lipinski definition) is 2. The number of carbonyl (C=O) groups excluding carboxylic acids is 1. The Kier molecular flexibility index (Phi) is 5.41. The average molecular weight is 378 g/mol. The molecule has 2 aromatic heterocycles. The maximum absolute atomic E-state index is 12.7. The van der Waals surface area contributed by atoms with E-state index in [4.69, 9.17) is 0 Å². The molecule has 0 aliphatic carbocycles. The smallest absolute Gasteiger partial charge is 0.255 e. The van der Waals surface area contributed by atoms with Gasteiger partial charge in [-0.1, -0.05) is 24.3 Å². The van der Waals surface area contributed by atoms with E-state index in [1.165, 1.54) is 5.56 Å². The van der Waals surface area contributed by atoms with Crippen molar-refractivity contribution in [2.75, 3.05) is 13.1 Å². The van der Waals surface area contributed by atoms with Crippen LogP contribution in [0.25, 0.3) is 5.52 Å². The summed E-state index contributed by atoms with van der Waals surface area (Å²) in [6.45, 7) is 5.14. The monoisotopic (exact) mass is 378 g/mol. The van der Waals surface area contributed by atoms with Crippen molar-refractivity contribution in [1.82, 2.24) is 19.8 Å². The van der Waals surface area contributed by atoms with Crippen LogP contribution in [0.3, 0.4) is 0 Å². The van der Waals surface area contributed by atoms with Crippen molar-refractivity contribution in [1.29, 1.82) is 0 Å². The summed E-state index contributed by atoms with van der Waals surface area (Å²) in [5.74, 6) is -0.114. The number of piperidine rings is 1. The fraction of sp³-hybridized carbons (Fsp3) is 0.364. The van der Waals surface area contributed by atoms with E-state index in [0.29, 0.717) is 12.1 Å². The summed E-state index contributed by atoms with van der Waals surface area (Å²) in [5, 5.41) is 17.0. The molecule has 28 heavy (non-hydrogen) atoms. The molecule has 1 amide bonds. The summed E-state index contributed by atoms with van der Waals surface area (Å²) in [6.07, 6.45) is 4.97. The minimum absolute atomic E-state index is 0.114. The lowest BCUT2D eigenvalue weighted by Crippen LogP contribution is -2.35. The molecule has 1 saturated heterocycles. The number of likely N-dealkylation sites (tertiary alicyclic amines) is 1. The van der Waals surface area contributed by atoms with E-state index in [1.54, 1.807) is 10.7 Å². The molecule has 4 rings (SSSR count). The minimum atomic E-state index is -0.166. The maximum atomic E-state index is 12.7. The van der Waals surface area contributed by atoms with E-state index in [2.05, 4.69) is 27.4 Å². The van der Waals surface area contributed by atoms with Gasteiger partial charge in [-0.05, 0) is 48.6 Å². The molecule has 0 radical (unpaired) electrons. The Bertz CT molecular complexity index is 974. The number of aliphatic hydroxyl groups excluding tert-OH is 1. The molecule has 1 aliphatic heterocycles. The number of nitrogens with one attached hydrogen (secondary N) is 1. The number of amides is 1. The van der Waals surface area contributed by atoms with E-state index in [-0.39, 0.29) is 12.0 Å². The summed E-state index contributed by atoms with van der Waals surface area (Å²) in [4.78, 5) is 15.1. The zero-order valence-electron chi connectivity index (χ0n) is 16.1. The molecule has 0 spiro atoms. The van der Waals surface area contributed by atoms with Crippen LogP contribution in [0, 0.1) is 6.92 Å². The SMILES string of the molecule is Cc1ccn2ncc(C(=O)NCc3ccccc3CN3CCC(O)CC3)c2c1. The lowest BCUT2D eigenvalue weighted by atomic mass is 10.0. The van der Waals surface area contributed by atoms with E-state index >= 15 is 0 Å². The van der Waals surface area contributed by atoms with E-state index < -0.39 is 0 Å². The van der Waals surface area contributed by atoms with Gasteiger partial charge in [0.05, 0.1) is 23.4 Å². The second-order valence-corrected chi connectivity index (χ2v) is 7.55. The van der Waals surface area contributed by atoms with Crippen molar-refractivity contribution in [2.45, 2.75) is 39.0 Å². The van der Waals surface area contributed by atoms with Gasteiger partial charge in [-0.2, -0.15) is 5.10 Å². The number of aromatic nitrogens is 2. The topological polar surface area (TPSA) is 69.9 Å². The number of carbonyl (C=O) groups is 1. The molecule has 1 aromatic carbocycles. The molecule has 0 atom stereocenters. The van der Waals surface area contributed by atoms with Crippen LogP contribution in [0.5, 0.6) is 0 Å². The lowest BCUT2D eigenvalue weighted by Gasteiger charge is -2.30. The van der Waals surface area contributed by atoms with Gasteiger partial charge < -0.3 is 10.4 Å². The molecule has 3 aromatic rings. The van der Waals surface area contributed by atoms with Gasteiger partial charge in [-0.25, -0.2) is 4.52 Å². The Balaban J connectivity index is 1.44. The summed E-state index contributed by atoms with van der Waals surface area (Å²) >= 11 is 0. The average Bonchev–Trinajstić information content (AvgIpc) is 3.12. The van der Waals surface area contributed by atoms with Gasteiger partial charge in [0.25, 0.3) is 5.91 Å². The first-order valence-electron chi connectivity index (χ1n) is 9.79. The molecular weight excluding hydrogens is 352 g/mol. The van der Waals surface area contributed by atoms with Crippen LogP contribution >= 0.6 is 0 Å². The third kappa shape index (κ3) is 4.08. The molecule has 1 fully saturated rings. The van der Waals surface area contributed by atoms with Gasteiger partial charge in [0.1, 0.15) is 0 Å². The van der Waals surface area contributed by atoms with Crippen molar-refractivity contribution < 1.29 is 9.90 Å². The largest absolute Gasteiger partial charge is 0.393 e. The van der Waals surface area contributed by atoms with Crippen LogP contribution in [0.2, 0.25) is 0 Å². The van der Waals surface area contributed by atoms with E-state index in [0.717, 1.165) is 49.1 Å². The Morgan fingerprint density at radius 1 is 1.21 bits per heavy atom. The van der Waals surface area contributed by atoms with Crippen molar-refractivity contribution in [3.05, 3.63) is 71.0 Å². The van der Waals surface area contributed by atoms with Crippen LogP contribution in [-0.2, 0) is 13.1 Å². The molecule has 0 unspecified atom stereocenters. The number of rotatable bonds is 5. The van der Waals surface area contributed by atoms with Crippen molar-refractivity contribution in [3.8, 4) is 0 Å². The summed E-state index contributed by atoms with van der Waals surface area (Å²) < 4.78 is 1.72. The molecule has 2 N–H and O–H groups in total. The van der Waals surface area contributed by atoms with Crippen molar-refractivity contribution >= 4 is 11.4 Å². The second-order valence-electron chi connectivity index (χ2n) is 7.55. The maximum Gasteiger partial charge on any atom is 0.255 e. The normalized spacial score (nSPS) is 15.8. The predicted octanol–water partition coefficient (Wildman–Crippen LogP) is 2.53. The van der Waals surface area contributed by atoms with Crippen molar-refractivity contribution in [2.24, 2.45) is 0 Å². The van der Waals surface area contributed by atoms with Gasteiger partial charge in [-0.15, -0.1) is 0 Å². The summed E-state index contributed by atoms with van der Waals surface area (Å²) in [6, 6.07) is 12.2. The first-order chi connectivity index (χ1) is 13.6. The fourth-order valence-corrected chi connectivity index (χ4v) is 3.73. The quantitative estimate of drug-likeness (QED) is 0.716. The highest BCUT2D eigenvalue weighted by molar-refractivity contribution is 6.00. The van der Waals surface area contributed by atoms with Crippen LogP contribution in [0.15, 0.2) is 48.8 Å². The second kappa shape index (κ2) is 8.12. The lowest BCUT2D eigenvalue weighted by molar-refractivity contribution is 0.0790. The molecule has 6 nitrogen and oxygen atoms in total. The van der Waals surface area contributed by atoms with Gasteiger partial charge in [0.15, 0.2) is 0 Å². The Morgan fingerprint density at radius 3 is 2.75 bits per heavy atom. The molecule has 1 aliphatic rings. The molecule has 146 valence electrons. The highest BCUT2D eigenvalue weighted by Gasteiger charge is 2.18. The number of fused-ring (bicyclic) bond motifs is 1. The van der Waals surface area contributed by atoms with E-state index in [1.807, 2.05) is 37.4 Å². The summed E-state index contributed by atoms with van der Waals surface area (Å²) in [5.41, 5.74) is 4.84. The third-order valence-electron chi connectivity index (χ3n) is 5.43. The van der Waals surface area contributed by atoms with E-state index in [9.17, 15) is 9.90 Å². The fourth-order valence-electron chi connectivity index (χ4n) is 3.73. The highest BCUT2D eigenvalue weighted by atomic mass is 16.3. The molecule has 6 heteroatoms. The van der Waals surface area contributed by atoms with Crippen LogP contribution in [-0.4, -0.2) is 44.7 Å². The first-order valence-corrected chi connectivity index (χ1v) is 9.79. The number of hydrogen-bond acceptors (Lipinski definition) is 4. The number of pyridine rings is 1. The predicted molar refractivity (Wildman–Crippen MR) is 108 cm³/mol. The molecule has 0 bridgehead atoms. The standard InChI is InChI=1S/C22H26N4O2/c1-16-6-11-26-21(12-16)20(14-24-26)22(28)23-13-17-4-2-3-5-18(17)15-25-9-7-19(27)8-10-25/h2-6,11-12,14,19,27H,7-10,13,15H2,1H3,(H,23,28). The molecule has 3 heterocycles. The van der Waals surface area contributed by atoms with Crippen LogP contribution in [0.4, 0.5) is 0 Å². The van der Waals surface area contributed by atoms with Gasteiger partial charge in [0.2, 0.25) is 0 Å². The number of aryl methyl sites for hydroxylation is 1. The Hall–Kier alpha value is -2.70. The zero-order chi connectivity index (χ0) is 19.5. The van der Waals surface area contributed by atoms with Crippen LogP contribution < -0.4 is 5.32 Å². The van der Waals surface area contributed by atoms with Gasteiger partial charge in [-0.3, -0.25) is 9.69 Å². The number of aliphatic hydroxyl groups is 1. The summed E-state index contributed by atoms with van der Waals surface area (Å²) in [7, 11) is 0. The van der Waals surface area contributed by atoms with Crippen molar-refractivity contribution in [3.63, 3.8) is 0 Å². The zero-order valence-corrected chi connectivity index (χ0v) is 16.1. The van der Waals surface area contributed by atoms with Gasteiger partial charge >= 0.3 is 0 Å². The molecular formula is C22H26N4O2. The third-order valence-corrected chi connectivity index (χ3v) is 5.43. The van der Waals surface area contributed by atoms with Crippen LogP contribution in [0.1, 0.15) is 39.9 Å². The highest BCUT2D eigenvalue weighted by Crippen LogP contribution is 2.17. The Morgan fingerprint density at radius 2 is 1.96 bits per heavy atom.